The zero-order valence-electron chi connectivity index (χ0n) is 17.2. The maximum absolute atomic E-state index is 13.1. The highest BCUT2D eigenvalue weighted by Gasteiger charge is 2.27. The van der Waals surface area contributed by atoms with Gasteiger partial charge in [0, 0.05) is 30.3 Å². The Morgan fingerprint density at radius 2 is 1.66 bits per heavy atom. The highest BCUT2D eigenvalue weighted by Crippen LogP contribution is 2.35. The number of hydrogen-bond donors (Lipinski definition) is 2. The maximum Gasteiger partial charge on any atom is 0.335 e. The molecule has 0 heterocycles. The minimum absolute atomic E-state index is 0.132. The fourth-order valence-electron chi connectivity index (χ4n) is 3.50. The van der Waals surface area contributed by atoms with Crippen LogP contribution in [-0.4, -0.2) is 36.6 Å². The van der Waals surface area contributed by atoms with Gasteiger partial charge in [0.1, 0.15) is 0 Å². The maximum atomic E-state index is 13.1. The molecule has 0 fully saturated rings. The number of carbonyl (C=O) groups is 2. The first-order valence-electron chi connectivity index (χ1n) is 10.1. The van der Waals surface area contributed by atoms with Crippen molar-refractivity contribution in [2.45, 2.75) is 39.5 Å². The highest BCUT2D eigenvalue weighted by atomic mass is 35.5. The minimum Gasteiger partial charge on any atom is -0.478 e. The third-order valence-electron chi connectivity index (χ3n) is 4.73. The van der Waals surface area contributed by atoms with Crippen LogP contribution in [0.4, 0.5) is 5.69 Å². The summed E-state index contributed by atoms with van der Waals surface area (Å²) in [6.45, 7) is 8.40. The van der Waals surface area contributed by atoms with E-state index >= 15 is 0 Å². The summed E-state index contributed by atoms with van der Waals surface area (Å²) in [6.07, 6.45) is 1.97. The van der Waals surface area contributed by atoms with Gasteiger partial charge in [-0.2, -0.15) is 0 Å². The SMILES string of the molecule is CCCN(CCC)c1ccc(Cl)cc1C(C(=O)NCC)c1ccc(C(=O)O)cc1. The molecule has 2 rings (SSSR count). The topological polar surface area (TPSA) is 69.6 Å². The van der Waals surface area contributed by atoms with E-state index < -0.39 is 11.9 Å². The second-order valence-electron chi connectivity index (χ2n) is 6.94. The fraction of sp³-hybridized carbons (Fsp3) is 0.391. The smallest absolute Gasteiger partial charge is 0.335 e. The van der Waals surface area contributed by atoms with E-state index in [1.54, 1.807) is 12.1 Å². The van der Waals surface area contributed by atoms with Crippen molar-refractivity contribution in [2.75, 3.05) is 24.5 Å². The van der Waals surface area contributed by atoms with E-state index in [-0.39, 0.29) is 11.5 Å². The first-order chi connectivity index (χ1) is 13.9. The number of amides is 1. The number of hydrogen-bond acceptors (Lipinski definition) is 3. The summed E-state index contributed by atoms with van der Waals surface area (Å²) in [5, 5.41) is 12.7. The third kappa shape index (κ3) is 5.73. The zero-order valence-corrected chi connectivity index (χ0v) is 18.0. The lowest BCUT2D eigenvalue weighted by atomic mass is 9.88. The number of benzene rings is 2. The summed E-state index contributed by atoms with van der Waals surface area (Å²) in [7, 11) is 0. The lowest BCUT2D eigenvalue weighted by Crippen LogP contribution is -2.32. The van der Waals surface area contributed by atoms with Crippen LogP contribution in [0.1, 0.15) is 61.0 Å². The van der Waals surface area contributed by atoms with Gasteiger partial charge in [-0.05, 0) is 61.2 Å². The van der Waals surface area contributed by atoms with Gasteiger partial charge in [0.15, 0.2) is 0 Å². The summed E-state index contributed by atoms with van der Waals surface area (Å²) >= 11 is 6.33. The van der Waals surface area contributed by atoms with Crippen LogP contribution in [0.2, 0.25) is 5.02 Å². The summed E-state index contributed by atoms with van der Waals surface area (Å²) in [5.41, 5.74) is 2.73. The molecule has 29 heavy (non-hydrogen) atoms. The lowest BCUT2D eigenvalue weighted by Gasteiger charge is -2.29. The van der Waals surface area contributed by atoms with E-state index in [0.29, 0.717) is 11.6 Å². The second-order valence-corrected chi connectivity index (χ2v) is 7.38. The molecule has 1 amide bonds. The van der Waals surface area contributed by atoms with E-state index in [0.717, 1.165) is 42.7 Å². The molecule has 0 radical (unpaired) electrons. The van der Waals surface area contributed by atoms with Crippen molar-refractivity contribution < 1.29 is 14.7 Å². The van der Waals surface area contributed by atoms with Crippen LogP contribution in [0, 0.1) is 0 Å². The molecule has 0 saturated carbocycles. The van der Waals surface area contributed by atoms with Crippen molar-refractivity contribution in [2.24, 2.45) is 0 Å². The fourth-order valence-corrected chi connectivity index (χ4v) is 3.68. The molecule has 6 heteroatoms. The minimum atomic E-state index is -0.994. The molecular formula is C23H29ClN2O3. The number of carboxylic acid groups (broad SMARTS) is 1. The number of nitrogens with one attached hydrogen (secondary N) is 1. The number of aromatic carboxylic acids is 1. The Kier molecular flexibility index (Phi) is 8.52. The summed E-state index contributed by atoms with van der Waals surface area (Å²) < 4.78 is 0. The molecule has 1 unspecified atom stereocenters. The molecule has 2 N–H and O–H groups in total. The Balaban J connectivity index is 2.62. The van der Waals surface area contributed by atoms with E-state index in [1.165, 1.54) is 12.1 Å². The molecule has 0 aromatic heterocycles. The van der Waals surface area contributed by atoms with Crippen LogP contribution in [0.3, 0.4) is 0 Å². The Morgan fingerprint density at radius 1 is 1.03 bits per heavy atom. The third-order valence-corrected chi connectivity index (χ3v) is 4.97. The Labute approximate surface area is 177 Å². The molecule has 2 aromatic rings. The number of carbonyl (C=O) groups excluding carboxylic acids is 1. The normalized spacial score (nSPS) is 11.7. The van der Waals surface area contributed by atoms with Gasteiger partial charge in [-0.1, -0.05) is 37.6 Å². The number of halogens is 1. The standard InChI is InChI=1S/C23H29ClN2O3/c1-4-13-26(14-5-2)20-12-11-18(24)15-19(20)21(22(27)25-6-3)16-7-9-17(10-8-16)23(28)29/h7-12,15,21H,4-6,13-14H2,1-3H3,(H,25,27)(H,28,29). The van der Waals surface area contributed by atoms with Gasteiger partial charge in [-0.25, -0.2) is 4.79 Å². The second kappa shape index (κ2) is 10.9. The van der Waals surface area contributed by atoms with Gasteiger partial charge in [0.2, 0.25) is 5.91 Å². The molecule has 0 aliphatic heterocycles. The highest BCUT2D eigenvalue weighted by molar-refractivity contribution is 6.30. The van der Waals surface area contributed by atoms with Gasteiger partial charge >= 0.3 is 5.97 Å². The zero-order chi connectivity index (χ0) is 21.4. The molecule has 0 aliphatic carbocycles. The largest absolute Gasteiger partial charge is 0.478 e. The first kappa shape index (κ1) is 22.8. The number of anilines is 1. The van der Waals surface area contributed by atoms with Crippen molar-refractivity contribution in [3.8, 4) is 0 Å². The average Bonchev–Trinajstić information content (AvgIpc) is 2.69. The number of rotatable bonds is 10. The molecule has 0 saturated heterocycles. The van der Waals surface area contributed by atoms with E-state index in [4.69, 9.17) is 11.6 Å². The number of nitrogens with zero attached hydrogens (tertiary/aromatic N) is 1. The molecule has 5 nitrogen and oxygen atoms in total. The van der Waals surface area contributed by atoms with Crippen LogP contribution in [0.5, 0.6) is 0 Å². The molecule has 1 atom stereocenters. The van der Waals surface area contributed by atoms with E-state index in [9.17, 15) is 14.7 Å². The molecule has 0 bridgehead atoms. The first-order valence-corrected chi connectivity index (χ1v) is 10.5. The van der Waals surface area contributed by atoms with Crippen molar-refractivity contribution in [3.05, 3.63) is 64.2 Å². The van der Waals surface area contributed by atoms with Gasteiger partial charge in [0.25, 0.3) is 0 Å². The molecule has 0 spiro atoms. The average molecular weight is 417 g/mol. The Bertz CT molecular complexity index is 831. The monoisotopic (exact) mass is 416 g/mol. The molecule has 2 aromatic carbocycles. The van der Waals surface area contributed by atoms with Crippen LogP contribution in [0.15, 0.2) is 42.5 Å². The van der Waals surface area contributed by atoms with Crippen LogP contribution >= 0.6 is 11.6 Å². The van der Waals surface area contributed by atoms with Crippen molar-refractivity contribution in [3.63, 3.8) is 0 Å². The lowest BCUT2D eigenvalue weighted by molar-refractivity contribution is -0.121. The summed E-state index contributed by atoms with van der Waals surface area (Å²) in [6, 6.07) is 12.1. The van der Waals surface area contributed by atoms with Crippen LogP contribution < -0.4 is 10.2 Å². The number of carboxylic acids is 1. The summed E-state index contributed by atoms with van der Waals surface area (Å²) in [4.78, 5) is 26.6. The molecular weight excluding hydrogens is 388 g/mol. The Morgan fingerprint density at radius 3 is 2.17 bits per heavy atom. The van der Waals surface area contributed by atoms with E-state index in [2.05, 4.69) is 24.1 Å². The quantitative estimate of drug-likeness (QED) is 0.576. The van der Waals surface area contributed by atoms with E-state index in [1.807, 2.05) is 25.1 Å². The molecule has 156 valence electrons. The van der Waals surface area contributed by atoms with Crippen LogP contribution in [0.25, 0.3) is 0 Å². The van der Waals surface area contributed by atoms with Crippen LogP contribution in [-0.2, 0) is 4.79 Å². The molecule has 0 aliphatic rings. The van der Waals surface area contributed by atoms with Gasteiger partial charge in [0.05, 0.1) is 11.5 Å². The van der Waals surface area contributed by atoms with Crippen molar-refractivity contribution >= 4 is 29.2 Å². The van der Waals surface area contributed by atoms with Gasteiger partial charge in [-0.3, -0.25) is 4.79 Å². The number of likely N-dealkylation sites (N-methyl/N-ethyl adjacent to an activating group) is 1. The predicted octanol–water partition coefficient (Wildman–Crippen LogP) is 4.93. The van der Waals surface area contributed by atoms with Crippen molar-refractivity contribution in [1.82, 2.24) is 5.32 Å². The van der Waals surface area contributed by atoms with Gasteiger partial charge in [-0.15, -0.1) is 0 Å². The Hall–Kier alpha value is -2.53. The summed E-state index contributed by atoms with van der Waals surface area (Å²) in [5.74, 6) is -1.71. The van der Waals surface area contributed by atoms with Crippen molar-refractivity contribution in [1.29, 1.82) is 0 Å². The predicted molar refractivity (Wildman–Crippen MR) is 118 cm³/mol. The van der Waals surface area contributed by atoms with Gasteiger partial charge < -0.3 is 15.3 Å².